The fourth-order valence-corrected chi connectivity index (χ4v) is 20.1. The summed E-state index contributed by atoms with van der Waals surface area (Å²) in [6.07, 6.45) is 0.968. The quantitative estimate of drug-likeness (QED) is 0.519. The van der Waals surface area contributed by atoms with Crippen LogP contribution in [0.5, 0.6) is 0 Å². The van der Waals surface area contributed by atoms with Crippen LogP contribution < -0.4 is 0 Å². The Morgan fingerprint density at radius 1 is 0.857 bits per heavy atom. The largest absolute Gasteiger partial charge is 0.420 e. The molecule has 1 saturated heterocycles. The van der Waals surface area contributed by atoms with Gasteiger partial charge in [-0.1, -0.05) is 0 Å². The summed E-state index contributed by atoms with van der Waals surface area (Å²) in [7, 11) is -8.85. The zero-order valence-electron chi connectivity index (χ0n) is 14.1. The Morgan fingerprint density at radius 2 is 1.33 bits per heavy atom. The first kappa shape index (κ1) is 19.9. The third kappa shape index (κ3) is 8.31. The lowest BCUT2D eigenvalue weighted by Gasteiger charge is -2.36. The molecule has 0 saturated carbocycles. The SMILES string of the molecule is CCOCCC[Si]1(C)O[SiH](C)O[SiH](C)O[SiH](C)O[SiH](C)O1. The van der Waals surface area contributed by atoms with Crippen molar-refractivity contribution in [1.82, 2.24) is 0 Å². The molecule has 4 atom stereocenters. The Bertz CT molecular complexity index is 281. The van der Waals surface area contributed by atoms with Crippen molar-refractivity contribution in [2.24, 2.45) is 0 Å². The zero-order valence-corrected chi connectivity index (χ0v) is 19.7. The molecule has 6 nitrogen and oxygen atoms in total. The molecule has 0 bridgehead atoms. The van der Waals surface area contributed by atoms with E-state index in [4.69, 9.17) is 25.3 Å². The monoisotopic (exact) mass is 386 g/mol. The van der Waals surface area contributed by atoms with Crippen LogP contribution in [0, 0.1) is 0 Å². The molecule has 0 radical (unpaired) electrons. The van der Waals surface area contributed by atoms with Crippen molar-refractivity contribution in [2.45, 2.75) is 52.1 Å². The van der Waals surface area contributed by atoms with E-state index in [1.165, 1.54) is 0 Å². The average molecular weight is 387 g/mol. The summed E-state index contributed by atoms with van der Waals surface area (Å²) in [4.78, 5) is 0. The summed E-state index contributed by atoms with van der Waals surface area (Å²) in [5.74, 6) is 0. The third-order valence-corrected chi connectivity index (χ3v) is 20.2. The van der Waals surface area contributed by atoms with Crippen molar-refractivity contribution < 1.29 is 25.3 Å². The Kier molecular flexibility index (Phi) is 9.34. The fourth-order valence-electron chi connectivity index (χ4n) is 2.42. The van der Waals surface area contributed by atoms with Crippen LogP contribution in [0.3, 0.4) is 0 Å². The van der Waals surface area contributed by atoms with Crippen LogP contribution in [0.25, 0.3) is 0 Å². The molecular weight excluding hydrogens is 357 g/mol. The minimum Gasteiger partial charge on any atom is -0.420 e. The molecule has 126 valence electrons. The van der Waals surface area contributed by atoms with Gasteiger partial charge in [0.05, 0.1) is 0 Å². The van der Waals surface area contributed by atoms with Crippen molar-refractivity contribution in [3.05, 3.63) is 0 Å². The van der Waals surface area contributed by atoms with E-state index in [2.05, 4.69) is 32.7 Å². The van der Waals surface area contributed by atoms with Gasteiger partial charge in [0, 0.05) is 13.2 Å². The summed E-state index contributed by atoms with van der Waals surface area (Å²) in [5, 5.41) is 0. The van der Waals surface area contributed by atoms with Crippen molar-refractivity contribution in [3.63, 3.8) is 0 Å². The minimum absolute atomic E-state index is 0.756. The van der Waals surface area contributed by atoms with Gasteiger partial charge < -0.3 is 25.3 Å². The van der Waals surface area contributed by atoms with Crippen LogP contribution >= 0.6 is 0 Å². The van der Waals surface area contributed by atoms with Gasteiger partial charge in [0.25, 0.3) is 37.1 Å². The molecule has 21 heavy (non-hydrogen) atoms. The maximum absolute atomic E-state index is 6.27. The fraction of sp³-hybridized carbons (Fsp3) is 1.00. The lowest BCUT2D eigenvalue weighted by atomic mass is 10.5. The van der Waals surface area contributed by atoms with Crippen LogP contribution in [0.4, 0.5) is 0 Å². The summed E-state index contributed by atoms with van der Waals surface area (Å²) in [5.41, 5.74) is 0. The van der Waals surface area contributed by atoms with Gasteiger partial charge in [-0.15, -0.1) is 0 Å². The second-order valence-electron chi connectivity index (χ2n) is 5.35. The molecule has 0 N–H and O–H groups in total. The van der Waals surface area contributed by atoms with E-state index < -0.39 is 45.7 Å². The number of hydrogen-bond donors (Lipinski definition) is 0. The van der Waals surface area contributed by atoms with E-state index in [1.54, 1.807) is 0 Å². The first-order chi connectivity index (χ1) is 9.84. The topological polar surface area (TPSA) is 55.4 Å². The summed E-state index contributed by atoms with van der Waals surface area (Å²) < 4.78 is 35.8. The van der Waals surface area contributed by atoms with E-state index in [9.17, 15) is 0 Å². The van der Waals surface area contributed by atoms with Crippen molar-refractivity contribution >= 4 is 45.7 Å². The molecule has 0 spiro atoms. The van der Waals surface area contributed by atoms with Gasteiger partial charge in [0.2, 0.25) is 0 Å². The highest BCUT2D eigenvalue weighted by Gasteiger charge is 2.38. The van der Waals surface area contributed by atoms with E-state index in [0.717, 1.165) is 25.7 Å². The highest BCUT2D eigenvalue weighted by molar-refractivity contribution is 6.80. The molecule has 1 fully saturated rings. The molecule has 0 aromatic carbocycles. The first-order valence-corrected chi connectivity index (χ1v) is 18.7. The number of ether oxygens (including phenoxy) is 1. The molecule has 11 heteroatoms. The highest BCUT2D eigenvalue weighted by Crippen LogP contribution is 2.21. The van der Waals surface area contributed by atoms with Crippen LogP contribution in [-0.4, -0.2) is 58.9 Å². The summed E-state index contributed by atoms with van der Waals surface area (Å²) in [6, 6.07) is 0.932. The second-order valence-corrected chi connectivity index (χ2v) is 17.8. The Balaban J connectivity index is 2.65. The minimum atomic E-state index is -2.23. The molecule has 0 aromatic rings. The van der Waals surface area contributed by atoms with Crippen molar-refractivity contribution in [1.29, 1.82) is 0 Å². The maximum atomic E-state index is 6.27. The standard InChI is InChI=1S/C10H30O6Si5/c1-7-11-9-8-10-21(6)15-19(4)13-17(2)12-18(3)14-20(5)16-21/h17-20H,7-10H2,1-6H3. The van der Waals surface area contributed by atoms with Crippen LogP contribution in [-0.2, 0) is 25.3 Å². The second kappa shape index (κ2) is 9.87. The summed E-state index contributed by atoms with van der Waals surface area (Å²) >= 11 is 0. The van der Waals surface area contributed by atoms with E-state index in [0.29, 0.717) is 0 Å². The van der Waals surface area contributed by atoms with Crippen molar-refractivity contribution in [2.75, 3.05) is 13.2 Å². The first-order valence-electron chi connectivity index (χ1n) is 7.74. The molecule has 1 heterocycles. The Hall–Kier alpha value is 0.844. The van der Waals surface area contributed by atoms with E-state index in [1.807, 2.05) is 6.92 Å². The van der Waals surface area contributed by atoms with Gasteiger partial charge in [-0.3, -0.25) is 0 Å². The lowest BCUT2D eigenvalue weighted by molar-refractivity contribution is 0.146. The molecule has 1 aliphatic rings. The lowest BCUT2D eigenvalue weighted by Crippen LogP contribution is -2.52. The van der Waals surface area contributed by atoms with E-state index >= 15 is 0 Å². The number of hydrogen-bond acceptors (Lipinski definition) is 6. The van der Waals surface area contributed by atoms with Crippen LogP contribution in [0.15, 0.2) is 0 Å². The van der Waals surface area contributed by atoms with Gasteiger partial charge in [-0.05, 0) is 52.1 Å². The molecule has 0 aromatic heterocycles. The Morgan fingerprint density at radius 3 is 1.81 bits per heavy atom. The van der Waals surface area contributed by atoms with Gasteiger partial charge in [-0.2, -0.15) is 0 Å². The zero-order chi connectivity index (χ0) is 15.9. The van der Waals surface area contributed by atoms with E-state index in [-0.39, 0.29) is 0 Å². The van der Waals surface area contributed by atoms with Gasteiger partial charge in [0.15, 0.2) is 0 Å². The van der Waals surface area contributed by atoms with Gasteiger partial charge in [0.1, 0.15) is 0 Å². The van der Waals surface area contributed by atoms with Gasteiger partial charge in [-0.25, -0.2) is 0 Å². The third-order valence-electron chi connectivity index (χ3n) is 3.10. The normalized spacial score (nSPS) is 39.1. The predicted molar refractivity (Wildman–Crippen MR) is 95.0 cm³/mol. The van der Waals surface area contributed by atoms with Crippen LogP contribution in [0.2, 0.25) is 38.8 Å². The predicted octanol–water partition coefficient (Wildman–Crippen LogP) is 0.983. The molecule has 4 unspecified atom stereocenters. The molecule has 0 aliphatic carbocycles. The highest BCUT2D eigenvalue weighted by atomic mass is 28.5. The van der Waals surface area contributed by atoms with Crippen molar-refractivity contribution in [3.8, 4) is 0 Å². The summed E-state index contributed by atoms with van der Waals surface area (Å²) in [6.45, 7) is 13.9. The average Bonchev–Trinajstić information content (AvgIpc) is 2.32. The molecule has 0 amide bonds. The maximum Gasteiger partial charge on any atom is 0.317 e. The van der Waals surface area contributed by atoms with Gasteiger partial charge >= 0.3 is 8.56 Å². The molecule has 1 rings (SSSR count). The number of rotatable bonds is 5. The molecular formula is C10H30O6Si5. The molecule has 1 aliphatic heterocycles. The Labute approximate surface area is 136 Å². The smallest absolute Gasteiger partial charge is 0.317 e. The van der Waals surface area contributed by atoms with Crippen LogP contribution in [0.1, 0.15) is 13.3 Å².